The number of H-pyrrole nitrogens is 2. The van der Waals surface area contributed by atoms with Gasteiger partial charge in [-0.3, -0.25) is 5.10 Å². The molecule has 1 aromatic carbocycles. The standard InChI is InChI=1S/C22H25N7/c1-13(15-6-7-18-16(10-15)8-9-24-18)26-22-25-12-17(21(23)27-22)20-11-19(28-29-20)14-4-2-3-5-14/h6-14,24H,2-5H2,1H3,(H,28,29)(H3,23,25,26,27)/t13-/m0/s1. The zero-order chi connectivity index (χ0) is 19.8. The molecule has 3 heterocycles. The zero-order valence-corrected chi connectivity index (χ0v) is 16.4. The maximum atomic E-state index is 6.24. The van der Waals surface area contributed by atoms with Crippen LogP contribution in [0.1, 0.15) is 55.8 Å². The smallest absolute Gasteiger partial charge is 0.225 e. The first-order valence-electron chi connectivity index (χ1n) is 10.2. The first-order valence-corrected chi connectivity index (χ1v) is 10.2. The predicted molar refractivity (Wildman–Crippen MR) is 116 cm³/mol. The number of aromatic amines is 2. The molecular weight excluding hydrogens is 362 g/mol. The second kappa shape index (κ2) is 7.24. The van der Waals surface area contributed by atoms with E-state index in [0.29, 0.717) is 17.7 Å². The average molecular weight is 387 g/mol. The number of benzene rings is 1. The molecule has 4 aromatic rings. The molecule has 1 atom stereocenters. The van der Waals surface area contributed by atoms with Gasteiger partial charge in [0, 0.05) is 29.5 Å². The first-order chi connectivity index (χ1) is 14.2. The van der Waals surface area contributed by atoms with Gasteiger partial charge < -0.3 is 16.0 Å². The molecule has 7 nitrogen and oxygen atoms in total. The second-order valence-corrected chi connectivity index (χ2v) is 7.87. The lowest BCUT2D eigenvalue weighted by Crippen LogP contribution is -2.10. The molecule has 148 valence electrons. The van der Waals surface area contributed by atoms with Crippen LogP contribution in [0.3, 0.4) is 0 Å². The molecule has 0 spiro atoms. The van der Waals surface area contributed by atoms with Gasteiger partial charge in [0.15, 0.2) is 0 Å². The van der Waals surface area contributed by atoms with Crippen LogP contribution in [0, 0.1) is 0 Å². The summed E-state index contributed by atoms with van der Waals surface area (Å²) in [6, 6.07) is 10.6. The van der Waals surface area contributed by atoms with Crippen LogP contribution in [0.5, 0.6) is 0 Å². The maximum absolute atomic E-state index is 6.24. The Morgan fingerprint density at radius 1 is 1.17 bits per heavy atom. The molecule has 0 radical (unpaired) electrons. The Kier molecular flexibility index (Phi) is 4.42. The maximum Gasteiger partial charge on any atom is 0.225 e. The van der Waals surface area contributed by atoms with Crippen molar-refractivity contribution in [2.24, 2.45) is 0 Å². The van der Waals surface area contributed by atoms with Gasteiger partial charge in [-0.2, -0.15) is 10.1 Å². The number of fused-ring (bicyclic) bond motifs is 1. The van der Waals surface area contributed by atoms with Crippen LogP contribution in [-0.2, 0) is 0 Å². The van der Waals surface area contributed by atoms with E-state index in [1.54, 1.807) is 6.20 Å². The predicted octanol–water partition coefficient (Wildman–Crippen LogP) is 4.76. The van der Waals surface area contributed by atoms with E-state index >= 15 is 0 Å². The second-order valence-electron chi connectivity index (χ2n) is 7.87. The lowest BCUT2D eigenvalue weighted by atomic mass is 10.0. The first kappa shape index (κ1) is 17.7. The summed E-state index contributed by atoms with van der Waals surface area (Å²) in [5, 5.41) is 12.1. The average Bonchev–Trinajstić information content (AvgIpc) is 3.47. The third-order valence-corrected chi connectivity index (χ3v) is 5.91. The quantitative estimate of drug-likeness (QED) is 0.395. The van der Waals surface area contributed by atoms with Crippen molar-refractivity contribution in [3.05, 3.63) is 54.0 Å². The number of hydrogen-bond acceptors (Lipinski definition) is 5. The van der Waals surface area contributed by atoms with Gasteiger partial charge in [-0.25, -0.2) is 4.98 Å². The van der Waals surface area contributed by atoms with E-state index in [1.165, 1.54) is 36.8 Å². The summed E-state index contributed by atoms with van der Waals surface area (Å²) in [6.07, 6.45) is 8.73. The number of nitrogen functional groups attached to an aromatic ring is 1. The fourth-order valence-corrected chi connectivity index (χ4v) is 4.20. The van der Waals surface area contributed by atoms with Crippen LogP contribution in [0.4, 0.5) is 11.8 Å². The zero-order valence-electron chi connectivity index (χ0n) is 16.4. The lowest BCUT2D eigenvalue weighted by Gasteiger charge is -2.15. The van der Waals surface area contributed by atoms with Gasteiger partial charge in [-0.15, -0.1) is 0 Å². The number of aromatic nitrogens is 5. The molecule has 7 heteroatoms. The van der Waals surface area contributed by atoms with Gasteiger partial charge in [0.1, 0.15) is 5.82 Å². The van der Waals surface area contributed by atoms with E-state index in [1.807, 2.05) is 6.20 Å². The molecule has 5 rings (SSSR count). The summed E-state index contributed by atoms with van der Waals surface area (Å²) >= 11 is 0. The Labute approximate surface area is 169 Å². The van der Waals surface area contributed by atoms with Gasteiger partial charge in [0.2, 0.25) is 5.95 Å². The van der Waals surface area contributed by atoms with Gasteiger partial charge in [0.05, 0.1) is 17.3 Å². The molecule has 1 saturated carbocycles. The topological polar surface area (TPSA) is 108 Å². The van der Waals surface area contributed by atoms with Crippen LogP contribution >= 0.6 is 0 Å². The molecule has 0 amide bonds. The van der Waals surface area contributed by atoms with Crippen molar-refractivity contribution in [1.29, 1.82) is 0 Å². The van der Waals surface area contributed by atoms with Crippen LogP contribution in [0.2, 0.25) is 0 Å². The molecule has 29 heavy (non-hydrogen) atoms. The summed E-state index contributed by atoms with van der Waals surface area (Å²) in [6.45, 7) is 2.09. The van der Waals surface area contributed by atoms with Crippen molar-refractivity contribution in [2.75, 3.05) is 11.1 Å². The molecule has 1 aliphatic rings. The Morgan fingerprint density at radius 3 is 2.86 bits per heavy atom. The molecule has 5 N–H and O–H groups in total. The molecule has 1 aliphatic carbocycles. The van der Waals surface area contributed by atoms with Gasteiger partial charge in [0.25, 0.3) is 0 Å². The highest BCUT2D eigenvalue weighted by molar-refractivity contribution is 5.80. The minimum atomic E-state index is 0.0545. The SMILES string of the molecule is C[C@H](Nc1ncc(-c2cc(C3CCCC3)[nH]n2)c(N)n1)c1ccc2[nH]ccc2c1. The third kappa shape index (κ3) is 3.44. The molecule has 0 aliphatic heterocycles. The summed E-state index contributed by atoms with van der Waals surface area (Å²) < 4.78 is 0. The van der Waals surface area contributed by atoms with E-state index in [-0.39, 0.29) is 6.04 Å². The lowest BCUT2D eigenvalue weighted by molar-refractivity contribution is 0.693. The highest BCUT2D eigenvalue weighted by Crippen LogP contribution is 2.35. The van der Waals surface area contributed by atoms with Crippen molar-refractivity contribution in [2.45, 2.75) is 44.6 Å². The molecule has 1 fully saturated rings. The molecule has 0 bridgehead atoms. The van der Waals surface area contributed by atoms with E-state index in [2.05, 4.69) is 67.7 Å². The van der Waals surface area contributed by atoms with E-state index < -0.39 is 0 Å². The minimum Gasteiger partial charge on any atom is -0.383 e. The Bertz CT molecular complexity index is 1140. The molecular formula is C22H25N7. The normalized spacial score (nSPS) is 15.8. The van der Waals surface area contributed by atoms with Crippen molar-refractivity contribution >= 4 is 22.7 Å². The van der Waals surface area contributed by atoms with Crippen molar-refractivity contribution in [1.82, 2.24) is 25.1 Å². The van der Waals surface area contributed by atoms with Crippen molar-refractivity contribution in [3.8, 4) is 11.3 Å². The van der Waals surface area contributed by atoms with E-state index in [9.17, 15) is 0 Å². The number of nitrogens with zero attached hydrogens (tertiary/aromatic N) is 3. The highest BCUT2D eigenvalue weighted by Gasteiger charge is 2.20. The minimum absolute atomic E-state index is 0.0545. The summed E-state index contributed by atoms with van der Waals surface area (Å²) in [5.74, 6) is 1.53. The van der Waals surface area contributed by atoms with Crippen molar-refractivity contribution < 1.29 is 0 Å². The Balaban J connectivity index is 1.33. The van der Waals surface area contributed by atoms with Crippen LogP contribution < -0.4 is 11.1 Å². The van der Waals surface area contributed by atoms with E-state index in [0.717, 1.165) is 22.3 Å². The third-order valence-electron chi connectivity index (χ3n) is 5.91. The fraction of sp³-hybridized carbons (Fsp3) is 0.318. The summed E-state index contributed by atoms with van der Waals surface area (Å²) in [7, 11) is 0. The number of hydrogen-bond donors (Lipinski definition) is 4. The largest absolute Gasteiger partial charge is 0.383 e. The Morgan fingerprint density at radius 2 is 2.03 bits per heavy atom. The summed E-state index contributed by atoms with van der Waals surface area (Å²) in [5.41, 5.74) is 11.3. The monoisotopic (exact) mass is 387 g/mol. The molecule has 0 saturated heterocycles. The molecule has 3 aromatic heterocycles. The number of anilines is 2. The Hall–Kier alpha value is -3.35. The van der Waals surface area contributed by atoms with E-state index in [4.69, 9.17) is 5.73 Å². The van der Waals surface area contributed by atoms with Crippen LogP contribution in [-0.4, -0.2) is 25.1 Å². The molecule has 0 unspecified atom stereocenters. The van der Waals surface area contributed by atoms with Gasteiger partial charge in [-0.1, -0.05) is 18.9 Å². The van der Waals surface area contributed by atoms with Crippen LogP contribution in [0.15, 0.2) is 42.7 Å². The number of rotatable bonds is 5. The number of nitrogens with one attached hydrogen (secondary N) is 3. The highest BCUT2D eigenvalue weighted by atomic mass is 15.1. The van der Waals surface area contributed by atoms with Crippen molar-refractivity contribution in [3.63, 3.8) is 0 Å². The van der Waals surface area contributed by atoms with Gasteiger partial charge >= 0.3 is 0 Å². The fourth-order valence-electron chi connectivity index (χ4n) is 4.20. The summed E-state index contributed by atoms with van der Waals surface area (Å²) in [4.78, 5) is 12.2. The van der Waals surface area contributed by atoms with Gasteiger partial charge in [-0.05, 0) is 55.0 Å². The number of nitrogens with two attached hydrogens (primary N) is 1. The van der Waals surface area contributed by atoms with Crippen LogP contribution in [0.25, 0.3) is 22.2 Å².